The monoisotopic (exact) mass is 396 g/mol. The quantitative estimate of drug-likeness (QED) is 0.526. The van der Waals surface area contributed by atoms with Gasteiger partial charge in [0.2, 0.25) is 5.91 Å². The zero-order chi connectivity index (χ0) is 20.6. The number of nitrogens with zero attached hydrogens (tertiary/aromatic N) is 2. The summed E-state index contributed by atoms with van der Waals surface area (Å²) >= 11 is 0. The van der Waals surface area contributed by atoms with Crippen LogP contribution in [0.25, 0.3) is 0 Å². The summed E-state index contributed by atoms with van der Waals surface area (Å²) in [5.74, 6) is -0.861. The fourth-order valence-electron chi connectivity index (χ4n) is 3.25. The third-order valence-corrected chi connectivity index (χ3v) is 4.85. The van der Waals surface area contributed by atoms with Crippen molar-refractivity contribution in [2.24, 2.45) is 0 Å². The summed E-state index contributed by atoms with van der Waals surface area (Å²) in [6.07, 6.45) is 2.53. The molecule has 3 rings (SSSR count). The van der Waals surface area contributed by atoms with E-state index in [-0.39, 0.29) is 23.7 Å². The molecule has 0 radical (unpaired) electrons. The lowest BCUT2D eigenvalue weighted by atomic mass is 10.1. The number of non-ortho nitro benzene ring substituents is 1. The number of nitrogens with one attached hydrogen (secondary N) is 2. The molecular weight excluding hydrogens is 372 g/mol. The van der Waals surface area contributed by atoms with Crippen molar-refractivity contribution in [3.05, 3.63) is 75.3 Å². The van der Waals surface area contributed by atoms with Gasteiger partial charge >= 0.3 is 0 Å². The number of nitro groups is 1. The number of benzene rings is 2. The third kappa shape index (κ3) is 6.11. The normalized spacial score (nSPS) is 13.8. The average molecular weight is 396 g/mol. The largest absolute Gasteiger partial charge is 0.350 e. The number of likely N-dealkylation sites (tertiary alicyclic amines) is 1. The molecule has 0 aromatic heterocycles. The molecule has 8 heteroatoms. The van der Waals surface area contributed by atoms with Crippen LogP contribution in [0.4, 0.5) is 5.69 Å². The maximum Gasteiger partial charge on any atom is 0.270 e. The van der Waals surface area contributed by atoms with Crippen molar-refractivity contribution in [1.29, 1.82) is 0 Å². The summed E-state index contributed by atoms with van der Waals surface area (Å²) in [7, 11) is 0. The highest BCUT2D eigenvalue weighted by molar-refractivity contribution is 5.96. The number of hydrogen-bond acceptors (Lipinski definition) is 5. The van der Waals surface area contributed by atoms with E-state index < -0.39 is 10.8 Å². The molecule has 152 valence electrons. The van der Waals surface area contributed by atoms with Gasteiger partial charge in [0.1, 0.15) is 0 Å². The van der Waals surface area contributed by atoms with Gasteiger partial charge in [-0.2, -0.15) is 0 Å². The van der Waals surface area contributed by atoms with Crippen LogP contribution in [0.5, 0.6) is 0 Å². The van der Waals surface area contributed by atoms with Crippen LogP contribution in [-0.2, 0) is 17.9 Å². The van der Waals surface area contributed by atoms with Gasteiger partial charge in [0, 0.05) is 30.8 Å². The number of rotatable bonds is 8. The van der Waals surface area contributed by atoms with Crippen LogP contribution in [0.2, 0.25) is 0 Å². The molecule has 1 aliphatic rings. The van der Waals surface area contributed by atoms with Crippen LogP contribution in [0.1, 0.15) is 34.3 Å². The van der Waals surface area contributed by atoms with Gasteiger partial charge in [0.25, 0.3) is 11.6 Å². The van der Waals surface area contributed by atoms with Crippen LogP contribution in [-0.4, -0.2) is 41.3 Å². The Labute approximate surface area is 169 Å². The van der Waals surface area contributed by atoms with E-state index in [1.54, 1.807) is 0 Å². The highest BCUT2D eigenvalue weighted by Crippen LogP contribution is 2.14. The minimum atomic E-state index is -0.570. The molecule has 0 saturated carbocycles. The van der Waals surface area contributed by atoms with Gasteiger partial charge in [-0.05, 0) is 43.1 Å². The Balaban J connectivity index is 1.42. The van der Waals surface area contributed by atoms with Crippen molar-refractivity contribution in [3.8, 4) is 0 Å². The minimum Gasteiger partial charge on any atom is -0.350 e. The first-order valence-corrected chi connectivity index (χ1v) is 9.61. The number of hydrogen-bond donors (Lipinski definition) is 2. The predicted molar refractivity (Wildman–Crippen MR) is 108 cm³/mol. The summed E-state index contributed by atoms with van der Waals surface area (Å²) in [4.78, 5) is 36.7. The Morgan fingerprint density at radius 1 is 1.00 bits per heavy atom. The van der Waals surface area contributed by atoms with Gasteiger partial charge in [-0.1, -0.05) is 30.3 Å². The van der Waals surface area contributed by atoms with Crippen LogP contribution < -0.4 is 10.6 Å². The molecule has 2 aromatic rings. The molecule has 1 fully saturated rings. The SMILES string of the molecule is O=C(CNC(=O)c1cccc([N+](=O)[O-])c1)NCc1ccc(CN2CCCC2)cc1. The maximum absolute atomic E-state index is 12.1. The highest BCUT2D eigenvalue weighted by atomic mass is 16.6. The van der Waals surface area contributed by atoms with Gasteiger partial charge in [-0.25, -0.2) is 0 Å². The van der Waals surface area contributed by atoms with Gasteiger partial charge in [0.05, 0.1) is 11.5 Å². The first-order valence-electron chi connectivity index (χ1n) is 9.61. The van der Waals surface area contributed by atoms with Gasteiger partial charge in [0.15, 0.2) is 0 Å². The predicted octanol–water partition coefficient (Wildman–Crippen LogP) is 2.24. The summed E-state index contributed by atoms with van der Waals surface area (Å²) < 4.78 is 0. The zero-order valence-corrected chi connectivity index (χ0v) is 16.1. The zero-order valence-electron chi connectivity index (χ0n) is 16.1. The standard InChI is InChI=1S/C21H24N4O4/c26-20(14-23-21(27)18-4-3-5-19(12-18)25(28)29)22-13-16-6-8-17(9-7-16)15-24-10-1-2-11-24/h3-9,12H,1-2,10-11,13-15H2,(H,22,26)(H,23,27). The van der Waals surface area contributed by atoms with Gasteiger partial charge in [-0.3, -0.25) is 24.6 Å². The second-order valence-electron chi connectivity index (χ2n) is 7.07. The van der Waals surface area contributed by atoms with Crippen molar-refractivity contribution in [3.63, 3.8) is 0 Å². The van der Waals surface area contributed by atoms with Crippen molar-refractivity contribution in [2.75, 3.05) is 19.6 Å². The number of nitro benzene ring substituents is 1. The molecular formula is C21H24N4O4. The summed E-state index contributed by atoms with van der Waals surface area (Å²) in [5.41, 5.74) is 2.20. The Morgan fingerprint density at radius 2 is 1.69 bits per heavy atom. The number of carbonyl (C=O) groups excluding carboxylic acids is 2. The third-order valence-electron chi connectivity index (χ3n) is 4.85. The molecule has 0 aliphatic carbocycles. The van der Waals surface area contributed by atoms with E-state index in [1.165, 1.54) is 42.7 Å². The van der Waals surface area contributed by atoms with E-state index >= 15 is 0 Å². The van der Waals surface area contributed by atoms with Crippen LogP contribution in [0.3, 0.4) is 0 Å². The van der Waals surface area contributed by atoms with Crippen molar-refractivity contribution >= 4 is 17.5 Å². The molecule has 1 saturated heterocycles. The molecule has 2 aromatic carbocycles. The molecule has 0 unspecified atom stereocenters. The van der Waals surface area contributed by atoms with E-state index in [1.807, 2.05) is 12.1 Å². The minimum absolute atomic E-state index is 0.139. The number of amides is 2. The first kappa shape index (κ1) is 20.5. The van der Waals surface area contributed by atoms with Crippen molar-refractivity contribution < 1.29 is 14.5 Å². The van der Waals surface area contributed by atoms with Gasteiger partial charge < -0.3 is 10.6 Å². The van der Waals surface area contributed by atoms with E-state index in [4.69, 9.17) is 0 Å². The van der Waals surface area contributed by atoms with Crippen LogP contribution in [0, 0.1) is 10.1 Å². The fraction of sp³-hybridized carbons (Fsp3) is 0.333. The molecule has 8 nitrogen and oxygen atoms in total. The summed E-state index contributed by atoms with van der Waals surface area (Å²) in [6.45, 7) is 3.43. The fourth-order valence-corrected chi connectivity index (χ4v) is 3.25. The van der Waals surface area contributed by atoms with Crippen molar-refractivity contribution in [1.82, 2.24) is 15.5 Å². The summed E-state index contributed by atoms with van der Waals surface area (Å²) in [5, 5.41) is 16.0. The molecule has 1 heterocycles. The Bertz CT molecular complexity index is 877. The molecule has 0 bridgehead atoms. The van der Waals surface area contributed by atoms with E-state index in [9.17, 15) is 19.7 Å². The van der Waals surface area contributed by atoms with Crippen molar-refractivity contribution in [2.45, 2.75) is 25.9 Å². The second-order valence-corrected chi connectivity index (χ2v) is 7.07. The Morgan fingerprint density at radius 3 is 2.38 bits per heavy atom. The maximum atomic E-state index is 12.1. The van der Waals surface area contributed by atoms with E-state index in [0.29, 0.717) is 6.54 Å². The Kier molecular flexibility index (Phi) is 6.91. The lowest BCUT2D eigenvalue weighted by Crippen LogP contribution is -2.36. The molecule has 1 aliphatic heterocycles. The molecule has 0 spiro atoms. The molecule has 2 amide bonds. The lowest BCUT2D eigenvalue weighted by Gasteiger charge is -2.14. The van der Waals surface area contributed by atoms with Crippen LogP contribution in [0.15, 0.2) is 48.5 Å². The van der Waals surface area contributed by atoms with Crippen LogP contribution >= 0.6 is 0 Å². The molecule has 2 N–H and O–H groups in total. The van der Waals surface area contributed by atoms with E-state index in [2.05, 4.69) is 27.7 Å². The smallest absolute Gasteiger partial charge is 0.270 e. The topological polar surface area (TPSA) is 105 Å². The van der Waals surface area contributed by atoms with Gasteiger partial charge in [-0.15, -0.1) is 0 Å². The number of carbonyl (C=O) groups is 2. The highest BCUT2D eigenvalue weighted by Gasteiger charge is 2.13. The molecule has 29 heavy (non-hydrogen) atoms. The first-order chi connectivity index (χ1) is 14.0. The Hall–Kier alpha value is -3.26. The molecule has 0 atom stereocenters. The lowest BCUT2D eigenvalue weighted by molar-refractivity contribution is -0.384. The summed E-state index contributed by atoms with van der Waals surface area (Å²) in [6, 6.07) is 13.5. The second kappa shape index (κ2) is 9.79. The van der Waals surface area contributed by atoms with E-state index in [0.717, 1.165) is 25.2 Å². The average Bonchev–Trinajstić information content (AvgIpc) is 3.24.